The van der Waals surface area contributed by atoms with Crippen LogP contribution in [0.1, 0.15) is 26.0 Å². The van der Waals surface area contributed by atoms with Crippen molar-refractivity contribution in [3.05, 3.63) is 18.0 Å². The van der Waals surface area contributed by atoms with Crippen LogP contribution in [0.3, 0.4) is 0 Å². The molecular weight excluding hydrogens is 248 g/mol. The van der Waals surface area contributed by atoms with Crippen LogP contribution in [-0.2, 0) is 18.4 Å². The summed E-state index contributed by atoms with van der Waals surface area (Å²) in [5, 5.41) is 18.4. The van der Waals surface area contributed by atoms with Crippen molar-refractivity contribution in [1.29, 1.82) is 0 Å². The largest absolute Gasteiger partial charge is 0.481 e. The Labute approximate surface area is 112 Å². The fourth-order valence-corrected chi connectivity index (χ4v) is 1.42. The van der Waals surface area contributed by atoms with Crippen molar-refractivity contribution < 1.29 is 14.7 Å². The van der Waals surface area contributed by atoms with E-state index in [1.54, 1.807) is 37.8 Å². The van der Waals surface area contributed by atoms with Gasteiger partial charge in [0.2, 0.25) is 0 Å². The van der Waals surface area contributed by atoms with Crippen molar-refractivity contribution in [3.8, 4) is 0 Å². The topological polar surface area (TPSA) is 96.3 Å². The number of urea groups is 1. The number of hydrogen-bond acceptors (Lipinski definition) is 3. The lowest BCUT2D eigenvalue weighted by molar-refractivity contribution is -0.147. The first-order valence-electron chi connectivity index (χ1n) is 6.11. The summed E-state index contributed by atoms with van der Waals surface area (Å²) in [5.41, 5.74) is -0.198. The molecule has 1 atom stereocenters. The van der Waals surface area contributed by atoms with E-state index in [1.165, 1.54) is 0 Å². The molecule has 0 radical (unpaired) electrons. The molecule has 1 unspecified atom stereocenters. The minimum Gasteiger partial charge on any atom is -0.481 e. The zero-order valence-electron chi connectivity index (χ0n) is 11.4. The van der Waals surface area contributed by atoms with Crippen molar-refractivity contribution in [1.82, 2.24) is 20.4 Å². The molecule has 0 aromatic carbocycles. The van der Waals surface area contributed by atoms with E-state index in [9.17, 15) is 9.59 Å². The summed E-state index contributed by atoms with van der Waals surface area (Å²) in [7, 11) is 1.79. The minimum absolute atomic E-state index is 0.0902. The van der Waals surface area contributed by atoms with Gasteiger partial charge in [-0.2, -0.15) is 5.10 Å². The number of nitrogens with zero attached hydrogens (tertiary/aromatic N) is 2. The number of nitrogens with one attached hydrogen (secondary N) is 2. The minimum atomic E-state index is -0.942. The lowest BCUT2D eigenvalue weighted by Gasteiger charge is -2.23. The number of aliphatic carboxylic acids is 1. The molecule has 0 aliphatic heterocycles. The standard InChI is InChI=1S/C12H20N4O3/c1-4-12(2,10(17)18)8-14-11(19)13-7-9-5-6-16(3)15-9/h5-6H,4,7-8H2,1-3H3,(H,17,18)(H2,13,14,19). The molecular formula is C12H20N4O3. The van der Waals surface area contributed by atoms with E-state index in [2.05, 4.69) is 15.7 Å². The van der Waals surface area contributed by atoms with Crippen LogP contribution in [0.15, 0.2) is 12.3 Å². The van der Waals surface area contributed by atoms with Crippen molar-refractivity contribution in [2.45, 2.75) is 26.8 Å². The van der Waals surface area contributed by atoms with Gasteiger partial charge < -0.3 is 15.7 Å². The summed E-state index contributed by atoms with van der Waals surface area (Å²) in [6, 6.07) is 1.40. The number of rotatable bonds is 6. The van der Waals surface area contributed by atoms with Gasteiger partial charge in [0.05, 0.1) is 17.7 Å². The zero-order valence-corrected chi connectivity index (χ0v) is 11.4. The van der Waals surface area contributed by atoms with Gasteiger partial charge in [0.1, 0.15) is 0 Å². The van der Waals surface area contributed by atoms with E-state index in [0.29, 0.717) is 13.0 Å². The molecule has 0 aliphatic carbocycles. The van der Waals surface area contributed by atoms with Crippen LogP contribution in [0.25, 0.3) is 0 Å². The number of carbonyl (C=O) groups excluding carboxylic acids is 1. The molecule has 0 spiro atoms. The summed E-state index contributed by atoms with van der Waals surface area (Å²) in [5.74, 6) is -0.917. The lowest BCUT2D eigenvalue weighted by atomic mass is 9.88. The van der Waals surface area contributed by atoms with Gasteiger partial charge in [0, 0.05) is 19.8 Å². The highest BCUT2D eigenvalue weighted by Crippen LogP contribution is 2.19. The maximum atomic E-state index is 11.6. The quantitative estimate of drug-likeness (QED) is 0.708. The molecule has 106 valence electrons. The highest BCUT2D eigenvalue weighted by molar-refractivity contribution is 5.77. The lowest BCUT2D eigenvalue weighted by Crippen LogP contribution is -2.44. The fraction of sp³-hybridized carbons (Fsp3) is 0.583. The molecule has 0 aliphatic rings. The number of aromatic nitrogens is 2. The Hall–Kier alpha value is -2.05. The van der Waals surface area contributed by atoms with Gasteiger partial charge in [-0.15, -0.1) is 0 Å². The smallest absolute Gasteiger partial charge is 0.315 e. The van der Waals surface area contributed by atoms with Crippen molar-refractivity contribution in [3.63, 3.8) is 0 Å². The van der Waals surface area contributed by atoms with Crippen LogP contribution in [0.4, 0.5) is 4.79 Å². The van der Waals surface area contributed by atoms with Gasteiger partial charge in [0.25, 0.3) is 0 Å². The van der Waals surface area contributed by atoms with Crippen LogP contribution in [-0.4, -0.2) is 33.4 Å². The summed E-state index contributed by atoms with van der Waals surface area (Å²) in [4.78, 5) is 22.6. The molecule has 1 aromatic rings. The number of carbonyl (C=O) groups is 2. The number of carboxylic acids is 1. The van der Waals surface area contributed by atoms with E-state index in [1.807, 2.05) is 0 Å². The average Bonchev–Trinajstić information content (AvgIpc) is 2.79. The molecule has 1 aromatic heterocycles. The molecule has 0 saturated heterocycles. The molecule has 7 nitrogen and oxygen atoms in total. The van der Waals surface area contributed by atoms with Gasteiger partial charge >= 0.3 is 12.0 Å². The first-order valence-corrected chi connectivity index (χ1v) is 6.11. The van der Waals surface area contributed by atoms with E-state index in [0.717, 1.165) is 5.69 Å². The Morgan fingerprint density at radius 3 is 2.63 bits per heavy atom. The molecule has 0 fully saturated rings. The van der Waals surface area contributed by atoms with Crippen molar-refractivity contribution >= 4 is 12.0 Å². The Morgan fingerprint density at radius 2 is 2.16 bits per heavy atom. The first-order chi connectivity index (χ1) is 8.87. The van der Waals surface area contributed by atoms with Gasteiger partial charge in [-0.3, -0.25) is 9.48 Å². The molecule has 1 heterocycles. The molecule has 0 bridgehead atoms. The van der Waals surface area contributed by atoms with E-state index in [4.69, 9.17) is 5.11 Å². The predicted octanol–water partition coefficient (Wildman–Crippen LogP) is 0.720. The third kappa shape index (κ3) is 4.27. The fourth-order valence-electron chi connectivity index (χ4n) is 1.42. The van der Waals surface area contributed by atoms with Crippen LogP contribution in [0.2, 0.25) is 0 Å². The van der Waals surface area contributed by atoms with Gasteiger partial charge in [0.15, 0.2) is 0 Å². The summed E-state index contributed by atoms with van der Waals surface area (Å²) in [6.45, 7) is 3.78. The monoisotopic (exact) mass is 268 g/mol. The van der Waals surface area contributed by atoms with Crippen molar-refractivity contribution in [2.24, 2.45) is 12.5 Å². The summed E-state index contributed by atoms with van der Waals surface area (Å²) >= 11 is 0. The Bertz CT molecular complexity index is 458. The van der Waals surface area contributed by atoms with Crippen LogP contribution in [0, 0.1) is 5.41 Å². The maximum Gasteiger partial charge on any atom is 0.315 e. The highest BCUT2D eigenvalue weighted by atomic mass is 16.4. The molecule has 1 rings (SSSR count). The number of amides is 2. The second-order valence-electron chi connectivity index (χ2n) is 4.74. The summed E-state index contributed by atoms with van der Waals surface area (Å²) in [6.07, 6.45) is 2.23. The zero-order chi connectivity index (χ0) is 14.5. The third-order valence-electron chi connectivity index (χ3n) is 3.13. The second kappa shape index (κ2) is 6.21. The second-order valence-corrected chi connectivity index (χ2v) is 4.74. The first kappa shape index (κ1) is 15.0. The van der Waals surface area contributed by atoms with E-state index >= 15 is 0 Å². The maximum absolute atomic E-state index is 11.6. The molecule has 3 N–H and O–H groups in total. The van der Waals surface area contributed by atoms with Gasteiger partial charge in [-0.1, -0.05) is 6.92 Å². The van der Waals surface area contributed by atoms with Crippen molar-refractivity contribution in [2.75, 3.05) is 6.54 Å². The van der Waals surface area contributed by atoms with E-state index < -0.39 is 17.4 Å². The highest BCUT2D eigenvalue weighted by Gasteiger charge is 2.31. The summed E-state index contributed by atoms with van der Waals surface area (Å²) < 4.78 is 1.65. The Balaban J connectivity index is 2.37. The predicted molar refractivity (Wildman–Crippen MR) is 69.5 cm³/mol. The molecule has 2 amide bonds. The average molecular weight is 268 g/mol. The van der Waals surface area contributed by atoms with Gasteiger partial charge in [-0.25, -0.2) is 4.79 Å². The van der Waals surface area contributed by atoms with Crippen LogP contribution >= 0.6 is 0 Å². The van der Waals surface area contributed by atoms with E-state index in [-0.39, 0.29) is 6.54 Å². The Kier molecular flexibility index (Phi) is 4.91. The van der Waals surface area contributed by atoms with Crippen LogP contribution < -0.4 is 10.6 Å². The Morgan fingerprint density at radius 1 is 1.47 bits per heavy atom. The number of carboxylic acid groups (broad SMARTS) is 1. The molecule has 0 saturated carbocycles. The number of aryl methyl sites for hydroxylation is 1. The normalized spacial score (nSPS) is 13.6. The molecule has 7 heteroatoms. The SMILES string of the molecule is CCC(C)(CNC(=O)NCc1ccn(C)n1)C(=O)O. The van der Waals surface area contributed by atoms with Gasteiger partial charge in [-0.05, 0) is 19.4 Å². The molecule has 19 heavy (non-hydrogen) atoms. The number of hydrogen-bond donors (Lipinski definition) is 3. The van der Waals surface area contributed by atoms with Crippen LogP contribution in [0.5, 0.6) is 0 Å². The third-order valence-corrected chi connectivity index (χ3v) is 3.13.